The van der Waals surface area contributed by atoms with Crippen molar-refractivity contribution >= 4 is 11.9 Å². The molecule has 0 saturated carbocycles. The van der Waals surface area contributed by atoms with E-state index < -0.39 is 24.3 Å². The van der Waals surface area contributed by atoms with Crippen molar-refractivity contribution in [3.05, 3.63) is 0 Å². The van der Waals surface area contributed by atoms with Crippen LogP contribution in [0.4, 0.5) is 0 Å². The summed E-state index contributed by atoms with van der Waals surface area (Å²) in [5.41, 5.74) is 4.65. The van der Waals surface area contributed by atoms with Gasteiger partial charge < -0.3 is 15.9 Å². The molecule has 0 heterocycles. The predicted molar refractivity (Wildman–Crippen MR) is 27.9 cm³/mol. The van der Waals surface area contributed by atoms with Crippen LogP contribution in [0.2, 0.25) is 0 Å². The molecular formula is C4H7NO4. The topological polar surface area (TPSA) is 101 Å². The van der Waals surface area contributed by atoms with Gasteiger partial charge in [0.15, 0.2) is 0 Å². The normalized spacial score (nSPS) is 22.6. The molecule has 9 heavy (non-hydrogen) atoms. The molecule has 5 heteroatoms. The summed E-state index contributed by atoms with van der Waals surface area (Å²) in [6, 6.07) is -3.18. The Balaban J connectivity index is 5.01. The average molecular weight is 139 g/mol. The third-order valence-corrected chi connectivity index (χ3v) is 0.472. The number of carbonyl (C=O) groups is 2. The van der Waals surface area contributed by atoms with E-state index in [0.29, 0.717) is 0 Å². The maximum Gasteiger partial charge on any atom is 0.321 e. The fourth-order valence-electron chi connectivity index (χ4n) is 0.169. The largest absolute Gasteiger partial charge is 0.481 e. The third kappa shape index (κ3) is 3.48. The van der Waals surface area contributed by atoms with Crippen molar-refractivity contribution in [1.29, 1.82) is 0 Å². The van der Waals surface area contributed by atoms with E-state index in [4.69, 9.17) is 14.3 Å². The van der Waals surface area contributed by atoms with Crippen LogP contribution in [-0.4, -0.2) is 28.2 Å². The maximum atomic E-state index is 10.2. The van der Waals surface area contributed by atoms with E-state index in [1.165, 1.54) is 0 Å². The summed E-state index contributed by atoms with van der Waals surface area (Å²) in [6.07, 6.45) is -3.32. The summed E-state index contributed by atoms with van der Waals surface area (Å²) in [7, 11) is 0. The van der Waals surface area contributed by atoms with Crippen molar-refractivity contribution < 1.29 is 23.9 Å². The zero-order chi connectivity index (χ0) is 10.2. The Morgan fingerprint density at radius 1 is 1.78 bits per heavy atom. The molecule has 0 fully saturated rings. The van der Waals surface area contributed by atoms with Gasteiger partial charge >= 0.3 is 11.9 Å². The van der Waals surface area contributed by atoms with E-state index in [9.17, 15) is 9.59 Å². The van der Waals surface area contributed by atoms with E-state index in [1.807, 2.05) is 0 Å². The lowest BCUT2D eigenvalue weighted by molar-refractivity contribution is -0.144. The highest BCUT2D eigenvalue weighted by Gasteiger charge is 2.14. The maximum absolute atomic E-state index is 10.2. The van der Waals surface area contributed by atoms with Crippen molar-refractivity contribution in [2.24, 2.45) is 5.73 Å². The summed E-state index contributed by atoms with van der Waals surface area (Å²) in [4.78, 5) is 20.3. The van der Waals surface area contributed by atoms with Crippen molar-refractivity contribution in [3.8, 4) is 0 Å². The van der Waals surface area contributed by atoms with Gasteiger partial charge in [0.05, 0.1) is 7.74 Å². The second-order valence-electron chi connectivity index (χ2n) is 1.15. The van der Waals surface area contributed by atoms with Gasteiger partial charge in [0.25, 0.3) is 0 Å². The molecule has 0 aromatic carbocycles. The summed E-state index contributed by atoms with van der Waals surface area (Å²) in [5.74, 6) is -4.11. The van der Waals surface area contributed by atoms with Crippen LogP contribution < -0.4 is 5.73 Å². The Labute approximate surface area is 55.3 Å². The van der Waals surface area contributed by atoms with Crippen LogP contribution in [0, 0.1) is 0 Å². The highest BCUT2D eigenvalue weighted by molar-refractivity contribution is 5.80. The fourth-order valence-corrected chi connectivity index (χ4v) is 0.169. The van der Waals surface area contributed by atoms with Crippen molar-refractivity contribution in [2.45, 2.75) is 12.4 Å². The van der Waals surface area contributed by atoms with E-state index in [1.54, 1.807) is 0 Å². The van der Waals surface area contributed by atoms with Crippen LogP contribution in [0.3, 0.4) is 0 Å². The second kappa shape index (κ2) is 3.03. The number of rotatable bonds is 3. The summed E-state index contributed by atoms with van der Waals surface area (Å²) < 4.78 is 20.1. The van der Waals surface area contributed by atoms with Crippen LogP contribution in [0.1, 0.15) is 10.5 Å². The van der Waals surface area contributed by atoms with Crippen LogP contribution in [0.25, 0.3) is 0 Å². The van der Waals surface area contributed by atoms with E-state index in [2.05, 4.69) is 5.73 Å². The monoisotopic (exact) mass is 139 g/mol. The van der Waals surface area contributed by atoms with Crippen molar-refractivity contribution in [2.75, 3.05) is 0 Å². The first-order valence-corrected chi connectivity index (χ1v) is 1.89. The lowest BCUT2D eigenvalue weighted by Gasteiger charge is -1.99. The third-order valence-electron chi connectivity index (χ3n) is 0.472. The Bertz CT molecular complexity index is 202. The quantitative estimate of drug-likeness (QED) is 0.459. The smallest absolute Gasteiger partial charge is 0.321 e. The molecule has 52 valence electrons. The zero-order valence-electron chi connectivity index (χ0n) is 7.29. The highest BCUT2D eigenvalue weighted by atomic mass is 16.4. The van der Waals surface area contributed by atoms with E-state index in [0.717, 1.165) is 0 Å². The first-order chi connectivity index (χ1) is 5.14. The SMILES string of the molecule is [3H]C([3H])(C(=O)O)[C@@]([3H])(N)C(=O)O. The first-order valence-electron chi connectivity index (χ1n) is 3.39. The minimum absolute atomic E-state index is 2.03. The molecule has 0 aromatic heterocycles. The average Bonchev–Trinajstić information content (AvgIpc) is 1.86. The number of nitrogens with two attached hydrogens (primary N) is 1. The van der Waals surface area contributed by atoms with Gasteiger partial charge in [-0.3, -0.25) is 9.59 Å². The number of aliphatic carboxylic acids is 2. The molecule has 1 atom stereocenters. The molecule has 0 bridgehead atoms. The summed E-state index contributed by atoms with van der Waals surface area (Å²) in [6.45, 7) is 0. The molecule has 0 amide bonds. The fraction of sp³-hybridized carbons (Fsp3) is 0.500. The standard InChI is InChI=1S/C4H7NO4/c5-2(4(8)9)1-3(6)7/h2H,1,5H2,(H,6,7)(H,8,9)/t2-/m1/s1/i1T2,2T. The number of carboxylic acid groups (broad SMARTS) is 2. The molecule has 0 aliphatic rings. The van der Waals surface area contributed by atoms with E-state index in [-0.39, 0.29) is 0 Å². The van der Waals surface area contributed by atoms with Gasteiger partial charge in [-0.2, -0.15) is 0 Å². The zero-order valence-corrected chi connectivity index (χ0v) is 4.29. The lowest BCUT2D eigenvalue weighted by atomic mass is 10.2. The molecule has 4 N–H and O–H groups in total. The van der Waals surface area contributed by atoms with E-state index >= 15 is 0 Å². The van der Waals surface area contributed by atoms with Gasteiger partial charge in [0, 0.05) is 2.74 Å². The summed E-state index contributed by atoms with van der Waals surface area (Å²) >= 11 is 0. The number of carboxylic acids is 2. The molecule has 0 unspecified atom stereocenters. The molecule has 0 spiro atoms. The second-order valence-corrected chi connectivity index (χ2v) is 1.15. The molecule has 0 radical (unpaired) electrons. The van der Waals surface area contributed by atoms with Gasteiger partial charge in [0.2, 0.25) is 0 Å². The van der Waals surface area contributed by atoms with Gasteiger partial charge in [-0.15, -0.1) is 0 Å². The molecule has 5 nitrogen and oxygen atoms in total. The van der Waals surface area contributed by atoms with Gasteiger partial charge in [-0.05, 0) is 0 Å². The molecule has 0 aliphatic carbocycles. The van der Waals surface area contributed by atoms with Crippen LogP contribution >= 0.6 is 0 Å². The van der Waals surface area contributed by atoms with Gasteiger partial charge in [-0.25, -0.2) is 0 Å². The van der Waals surface area contributed by atoms with Crippen LogP contribution in [0.15, 0.2) is 0 Å². The summed E-state index contributed by atoms with van der Waals surface area (Å²) in [5, 5.41) is 16.4. The predicted octanol–water partition coefficient (Wildman–Crippen LogP) is -1.13. The lowest BCUT2D eigenvalue weighted by Crippen LogP contribution is -2.32. The van der Waals surface area contributed by atoms with Crippen molar-refractivity contribution in [3.63, 3.8) is 0 Å². The van der Waals surface area contributed by atoms with Crippen LogP contribution in [-0.2, 0) is 9.59 Å². The Hall–Kier alpha value is -1.10. The minimum atomic E-state index is -3.32. The molecular weight excluding hydrogens is 126 g/mol. The van der Waals surface area contributed by atoms with Gasteiger partial charge in [0.1, 0.15) is 6.02 Å². The molecule has 0 aliphatic heterocycles. The first kappa shape index (κ1) is 3.84. The van der Waals surface area contributed by atoms with Gasteiger partial charge in [-0.1, -0.05) is 0 Å². The Kier molecular flexibility index (Phi) is 1.29. The Morgan fingerprint density at radius 2 is 2.22 bits per heavy atom. The number of hydrogen-bond donors (Lipinski definition) is 3. The van der Waals surface area contributed by atoms with Crippen molar-refractivity contribution in [1.82, 2.24) is 0 Å². The molecule has 0 rings (SSSR count). The molecule has 0 aromatic rings. The van der Waals surface area contributed by atoms with Crippen LogP contribution in [0.5, 0.6) is 0 Å². The minimum Gasteiger partial charge on any atom is -0.481 e. The highest BCUT2D eigenvalue weighted by Crippen LogP contribution is 1.86. The molecule has 0 saturated heterocycles. The Morgan fingerprint density at radius 3 is 2.33 bits per heavy atom. The number of hydrogen-bond acceptors (Lipinski definition) is 3.